The molecule has 1 atom stereocenters. The van der Waals surface area contributed by atoms with Crippen molar-refractivity contribution < 1.29 is 4.74 Å². The van der Waals surface area contributed by atoms with E-state index in [1.807, 2.05) is 0 Å². The number of nitrogens with one attached hydrogen (secondary N) is 1. The molecule has 0 aliphatic heterocycles. The average molecular weight is 187 g/mol. The first kappa shape index (κ1) is 12.9. The van der Waals surface area contributed by atoms with Crippen LogP contribution in [-0.4, -0.2) is 26.8 Å². The SMILES string of the molecule is CCCC(C)(CCOC)CNCC. The summed E-state index contributed by atoms with van der Waals surface area (Å²) in [5, 5.41) is 3.43. The summed E-state index contributed by atoms with van der Waals surface area (Å²) in [7, 11) is 1.78. The van der Waals surface area contributed by atoms with Gasteiger partial charge in [0.25, 0.3) is 0 Å². The largest absolute Gasteiger partial charge is 0.385 e. The molecule has 80 valence electrons. The van der Waals surface area contributed by atoms with Gasteiger partial charge in [0.2, 0.25) is 0 Å². The molecule has 0 fully saturated rings. The van der Waals surface area contributed by atoms with E-state index in [-0.39, 0.29) is 0 Å². The number of methoxy groups -OCH3 is 1. The van der Waals surface area contributed by atoms with Gasteiger partial charge in [-0.1, -0.05) is 27.2 Å². The number of hydrogen-bond donors (Lipinski definition) is 1. The molecule has 0 aliphatic rings. The molecule has 0 aliphatic carbocycles. The summed E-state index contributed by atoms with van der Waals surface area (Å²) in [6.45, 7) is 9.80. The summed E-state index contributed by atoms with van der Waals surface area (Å²) in [5.74, 6) is 0. The van der Waals surface area contributed by atoms with Gasteiger partial charge in [-0.2, -0.15) is 0 Å². The fourth-order valence-electron chi connectivity index (χ4n) is 1.68. The van der Waals surface area contributed by atoms with E-state index in [0.717, 1.165) is 26.1 Å². The number of ether oxygens (including phenoxy) is 1. The highest BCUT2D eigenvalue weighted by molar-refractivity contribution is 4.76. The van der Waals surface area contributed by atoms with E-state index < -0.39 is 0 Å². The Bertz CT molecular complexity index is 107. The number of hydrogen-bond acceptors (Lipinski definition) is 2. The second kappa shape index (κ2) is 7.34. The lowest BCUT2D eigenvalue weighted by atomic mass is 9.82. The van der Waals surface area contributed by atoms with Crippen LogP contribution < -0.4 is 5.32 Å². The summed E-state index contributed by atoms with van der Waals surface area (Å²) in [6, 6.07) is 0. The smallest absolute Gasteiger partial charge is 0.0467 e. The lowest BCUT2D eigenvalue weighted by Crippen LogP contribution is -2.32. The molecule has 0 rings (SSSR count). The Labute approximate surface area is 83.1 Å². The van der Waals surface area contributed by atoms with E-state index in [4.69, 9.17) is 4.74 Å². The van der Waals surface area contributed by atoms with Crippen molar-refractivity contribution in [3.8, 4) is 0 Å². The summed E-state index contributed by atoms with van der Waals surface area (Å²) in [4.78, 5) is 0. The average Bonchev–Trinajstić information content (AvgIpc) is 2.12. The third-order valence-corrected chi connectivity index (χ3v) is 2.57. The molecule has 1 N–H and O–H groups in total. The van der Waals surface area contributed by atoms with Crippen molar-refractivity contribution in [2.75, 3.05) is 26.8 Å². The van der Waals surface area contributed by atoms with Gasteiger partial charge in [0.15, 0.2) is 0 Å². The molecule has 0 aromatic carbocycles. The lowest BCUT2D eigenvalue weighted by molar-refractivity contribution is 0.136. The van der Waals surface area contributed by atoms with Crippen molar-refractivity contribution in [1.29, 1.82) is 0 Å². The van der Waals surface area contributed by atoms with Crippen molar-refractivity contribution in [3.05, 3.63) is 0 Å². The van der Waals surface area contributed by atoms with Crippen molar-refractivity contribution in [2.45, 2.75) is 40.0 Å². The molecule has 0 bridgehead atoms. The summed E-state index contributed by atoms with van der Waals surface area (Å²) < 4.78 is 5.14. The van der Waals surface area contributed by atoms with E-state index in [1.54, 1.807) is 7.11 Å². The summed E-state index contributed by atoms with van der Waals surface area (Å²) >= 11 is 0. The van der Waals surface area contributed by atoms with E-state index >= 15 is 0 Å². The van der Waals surface area contributed by atoms with Crippen LogP contribution >= 0.6 is 0 Å². The molecule has 2 nitrogen and oxygen atoms in total. The van der Waals surface area contributed by atoms with Gasteiger partial charge < -0.3 is 10.1 Å². The molecule has 0 radical (unpaired) electrons. The Kier molecular flexibility index (Phi) is 7.29. The third-order valence-electron chi connectivity index (χ3n) is 2.57. The van der Waals surface area contributed by atoms with E-state index in [0.29, 0.717) is 5.41 Å². The van der Waals surface area contributed by atoms with Crippen molar-refractivity contribution in [3.63, 3.8) is 0 Å². The zero-order chi connectivity index (χ0) is 10.2. The fourth-order valence-corrected chi connectivity index (χ4v) is 1.68. The predicted octanol–water partition coefficient (Wildman–Crippen LogP) is 2.44. The topological polar surface area (TPSA) is 21.3 Å². The second-order valence-corrected chi connectivity index (χ2v) is 4.08. The van der Waals surface area contributed by atoms with E-state index in [2.05, 4.69) is 26.1 Å². The molecule has 0 spiro atoms. The quantitative estimate of drug-likeness (QED) is 0.630. The van der Waals surface area contributed by atoms with Crippen LogP contribution in [0.15, 0.2) is 0 Å². The van der Waals surface area contributed by atoms with Crippen molar-refractivity contribution in [2.24, 2.45) is 5.41 Å². The Hall–Kier alpha value is -0.0800. The highest BCUT2D eigenvalue weighted by Crippen LogP contribution is 2.26. The first-order valence-corrected chi connectivity index (χ1v) is 5.38. The van der Waals surface area contributed by atoms with Crippen LogP contribution in [0.3, 0.4) is 0 Å². The van der Waals surface area contributed by atoms with E-state index in [9.17, 15) is 0 Å². The predicted molar refractivity (Wildman–Crippen MR) is 58.1 cm³/mol. The van der Waals surface area contributed by atoms with Crippen molar-refractivity contribution in [1.82, 2.24) is 5.32 Å². The fraction of sp³-hybridized carbons (Fsp3) is 1.00. The number of rotatable bonds is 8. The Morgan fingerprint density at radius 2 is 1.92 bits per heavy atom. The Morgan fingerprint density at radius 3 is 2.38 bits per heavy atom. The third kappa shape index (κ3) is 6.05. The van der Waals surface area contributed by atoms with Crippen LogP contribution in [0.25, 0.3) is 0 Å². The van der Waals surface area contributed by atoms with Gasteiger partial charge in [-0.3, -0.25) is 0 Å². The van der Waals surface area contributed by atoms with E-state index in [1.165, 1.54) is 12.8 Å². The molecular weight excluding hydrogens is 162 g/mol. The minimum Gasteiger partial charge on any atom is -0.385 e. The maximum atomic E-state index is 5.14. The van der Waals surface area contributed by atoms with Crippen LogP contribution in [0.4, 0.5) is 0 Å². The molecule has 0 saturated carbocycles. The molecule has 0 heterocycles. The van der Waals surface area contributed by atoms with Crippen LogP contribution in [0, 0.1) is 5.41 Å². The molecule has 0 aromatic rings. The van der Waals surface area contributed by atoms with Crippen LogP contribution in [0.5, 0.6) is 0 Å². The molecular formula is C11H25NO. The molecule has 1 unspecified atom stereocenters. The van der Waals surface area contributed by atoms with Gasteiger partial charge in [-0.15, -0.1) is 0 Å². The molecule has 2 heteroatoms. The van der Waals surface area contributed by atoms with Crippen LogP contribution in [0.1, 0.15) is 40.0 Å². The van der Waals surface area contributed by atoms with Crippen LogP contribution in [-0.2, 0) is 4.74 Å². The first-order chi connectivity index (χ1) is 6.18. The van der Waals surface area contributed by atoms with Crippen molar-refractivity contribution >= 4 is 0 Å². The highest BCUT2D eigenvalue weighted by atomic mass is 16.5. The maximum absolute atomic E-state index is 5.14. The Balaban J connectivity index is 3.84. The zero-order valence-corrected chi connectivity index (χ0v) is 9.65. The van der Waals surface area contributed by atoms with Gasteiger partial charge in [-0.05, 0) is 24.8 Å². The minimum absolute atomic E-state index is 0.417. The molecule has 0 saturated heterocycles. The maximum Gasteiger partial charge on any atom is 0.0467 e. The zero-order valence-electron chi connectivity index (χ0n) is 9.65. The van der Waals surface area contributed by atoms with Gasteiger partial charge in [0.05, 0.1) is 0 Å². The van der Waals surface area contributed by atoms with Gasteiger partial charge in [0.1, 0.15) is 0 Å². The summed E-state index contributed by atoms with van der Waals surface area (Å²) in [5.41, 5.74) is 0.417. The normalized spacial score (nSPS) is 15.7. The molecule has 13 heavy (non-hydrogen) atoms. The van der Waals surface area contributed by atoms with Gasteiger partial charge in [-0.25, -0.2) is 0 Å². The monoisotopic (exact) mass is 187 g/mol. The summed E-state index contributed by atoms with van der Waals surface area (Å²) in [6.07, 6.45) is 3.69. The molecule has 0 amide bonds. The highest BCUT2D eigenvalue weighted by Gasteiger charge is 2.21. The first-order valence-electron chi connectivity index (χ1n) is 5.38. The second-order valence-electron chi connectivity index (χ2n) is 4.08. The lowest BCUT2D eigenvalue weighted by Gasteiger charge is -2.29. The van der Waals surface area contributed by atoms with Gasteiger partial charge in [0, 0.05) is 20.3 Å². The van der Waals surface area contributed by atoms with Crippen LogP contribution in [0.2, 0.25) is 0 Å². The van der Waals surface area contributed by atoms with Gasteiger partial charge >= 0.3 is 0 Å². The molecule has 0 aromatic heterocycles. The minimum atomic E-state index is 0.417. The Morgan fingerprint density at radius 1 is 1.23 bits per heavy atom. The standard InChI is InChI=1S/C11H25NO/c1-5-7-11(3,8-9-13-4)10-12-6-2/h12H,5-10H2,1-4H3.